The van der Waals surface area contributed by atoms with Crippen molar-refractivity contribution in [2.75, 3.05) is 13.2 Å². The summed E-state index contributed by atoms with van der Waals surface area (Å²) in [5.41, 5.74) is 7.48. The molecule has 2 atom stereocenters. The molecule has 3 heteroatoms. The number of hydrogen-bond acceptors (Lipinski definition) is 3. The lowest BCUT2D eigenvalue weighted by molar-refractivity contribution is 0.143. The molecule has 3 rings (SSSR count). The first-order chi connectivity index (χ1) is 7.80. The zero-order chi connectivity index (χ0) is 11.0. The largest absolute Gasteiger partial charge is 0.491 e. The van der Waals surface area contributed by atoms with Crippen LogP contribution < -0.4 is 15.8 Å². The van der Waals surface area contributed by atoms with Crippen molar-refractivity contribution in [2.45, 2.75) is 30.8 Å². The molecule has 0 aliphatic carbocycles. The second kappa shape index (κ2) is 3.75. The van der Waals surface area contributed by atoms with Crippen molar-refractivity contribution >= 4 is 0 Å². The second-order valence-electron chi connectivity index (χ2n) is 4.90. The third kappa shape index (κ3) is 1.51. The minimum Gasteiger partial charge on any atom is -0.491 e. The second-order valence-corrected chi connectivity index (χ2v) is 4.90. The van der Waals surface area contributed by atoms with Gasteiger partial charge in [-0.25, -0.2) is 0 Å². The van der Waals surface area contributed by atoms with Gasteiger partial charge in [0.25, 0.3) is 0 Å². The number of nitrogens with two attached hydrogens (primary N) is 1. The SMILES string of the molecule is N[C@@]12CCCCN[C@@H]1c1ccccc1OC2. The number of fused-ring (bicyclic) bond motifs is 3. The molecule has 1 aromatic rings. The Hall–Kier alpha value is -1.06. The van der Waals surface area contributed by atoms with Crippen molar-refractivity contribution in [3.63, 3.8) is 0 Å². The zero-order valence-corrected chi connectivity index (χ0v) is 9.41. The van der Waals surface area contributed by atoms with E-state index in [1.165, 1.54) is 18.4 Å². The summed E-state index contributed by atoms with van der Waals surface area (Å²) >= 11 is 0. The Kier molecular flexibility index (Phi) is 2.37. The first-order valence-corrected chi connectivity index (χ1v) is 6.04. The molecule has 0 spiro atoms. The molecule has 0 radical (unpaired) electrons. The fraction of sp³-hybridized carbons (Fsp3) is 0.538. The topological polar surface area (TPSA) is 47.3 Å². The molecule has 2 aliphatic heterocycles. The number of hydrogen-bond donors (Lipinski definition) is 2. The van der Waals surface area contributed by atoms with Crippen LogP contribution in [0.25, 0.3) is 0 Å². The fourth-order valence-corrected chi connectivity index (χ4v) is 2.81. The summed E-state index contributed by atoms with van der Waals surface area (Å²) in [6.45, 7) is 1.68. The molecule has 0 bridgehead atoms. The molecule has 1 fully saturated rings. The highest BCUT2D eigenvalue weighted by molar-refractivity contribution is 5.40. The van der Waals surface area contributed by atoms with Crippen LogP contribution in [0.2, 0.25) is 0 Å². The third-order valence-electron chi connectivity index (χ3n) is 3.72. The van der Waals surface area contributed by atoms with Crippen LogP contribution in [0.5, 0.6) is 5.75 Å². The van der Waals surface area contributed by atoms with Gasteiger partial charge in [0, 0.05) is 5.56 Å². The van der Waals surface area contributed by atoms with Gasteiger partial charge in [0.15, 0.2) is 0 Å². The van der Waals surface area contributed by atoms with Crippen molar-refractivity contribution in [3.05, 3.63) is 29.8 Å². The Balaban J connectivity index is 2.03. The maximum absolute atomic E-state index is 6.49. The molecule has 3 nitrogen and oxygen atoms in total. The molecule has 0 unspecified atom stereocenters. The smallest absolute Gasteiger partial charge is 0.124 e. The van der Waals surface area contributed by atoms with E-state index in [0.717, 1.165) is 18.7 Å². The lowest BCUT2D eigenvalue weighted by Crippen LogP contribution is -2.56. The zero-order valence-electron chi connectivity index (χ0n) is 9.41. The first kappa shape index (κ1) is 10.1. The lowest BCUT2D eigenvalue weighted by Gasteiger charge is -2.41. The van der Waals surface area contributed by atoms with Crippen LogP contribution in [0.4, 0.5) is 0 Å². The summed E-state index contributed by atoms with van der Waals surface area (Å²) in [6, 6.07) is 8.47. The number of nitrogens with one attached hydrogen (secondary N) is 1. The summed E-state index contributed by atoms with van der Waals surface area (Å²) in [4.78, 5) is 0. The van der Waals surface area contributed by atoms with Gasteiger partial charge >= 0.3 is 0 Å². The van der Waals surface area contributed by atoms with Crippen molar-refractivity contribution in [3.8, 4) is 5.75 Å². The van der Waals surface area contributed by atoms with E-state index in [0.29, 0.717) is 6.61 Å². The molecule has 0 saturated carbocycles. The van der Waals surface area contributed by atoms with E-state index in [2.05, 4.69) is 17.4 Å². The molecule has 0 aromatic heterocycles. The Morgan fingerprint density at radius 3 is 3.12 bits per heavy atom. The number of benzene rings is 1. The highest BCUT2D eigenvalue weighted by atomic mass is 16.5. The van der Waals surface area contributed by atoms with Gasteiger partial charge in [-0.3, -0.25) is 0 Å². The maximum atomic E-state index is 6.49. The van der Waals surface area contributed by atoms with Crippen molar-refractivity contribution in [2.24, 2.45) is 5.73 Å². The summed E-state index contributed by atoms with van der Waals surface area (Å²) in [5.74, 6) is 0.989. The molecule has 1 aromatic carbocycles. The molecular weight excluding hydrogens is 200 g/mol. The van der Waals surface area contributed by atoms with Gasteiger partial charge in [0.1, 0.15) is 12.4 Å². The Bertz CT molecular complexity index is 393. The minimum absolute atomic E-state index is 0.231. The van der Waals surface area contributed by atoms with Gasteiger partial charge < -0.3 is 15.8 Å². The van der Waals surface area contributed by atoms with Crippen molar-refractivity contribution in [1.82, 2.24) is 5.32 Å². The monoisotopic (exact) mass is 218 g/mol. The molecule has 16 heavy (non-hydrogen) atoms. The normalized spacial score (nSPS) is 33.2. The van der Waals surface area contributed by atoms with Crippen LogP contribution in [-0.2, 0) is 0 Å². The lowest BCUT2D eigenvalue weighted by atomic mass is 9.81. The molecular formula is C13H18N2O. The Morgan fingerprint density at radius 2 is 2.19 bits per heavy atom. The molecule has 86 valence electrons. The van der Waals surface area contributed by atoms with Gasteiger partial charge in [-0.05, 0) is 25.5 Å². The van der Waals surface area contributed by atoms with E-state index in [-0.39, 0.29) is 11.6 Å². The Labute approximate surface area is 96.0 Å². The van der Waals surface area contributed by atoms with E-state index in [9.17, 15) is 0 Å². The van der Waals surface area contributed by atoms with Gasteiger partial charge in [-0.1, -0.05) is 24.6 Å². The van der Waals surface area contributed by atoms with Crippen LogP contribution in [-0.4, -0.2) is 18.7 Å². The van der Waals surface area contributed by atoms with Crippen molar-refractivity contribution < 1.29 is 4.74 Å². The maximum Gasteiger partial charge on any atom is 0.124 e. The van der Waals surface area contributed by atoms with Crippen LogP contribution in [0.3, 0.4) is 0 Å². The highest BCUT2D eigenvalue weighted by Crippen LogP contribution is 2.39. The molecule has 2 heterocycles. The Morgan fingerprint density at radius 1 is 1.31 bits per heavy atom. The van der Waals surface area contributed by atoms with E-state index >= 15 is 0 Å². The van der Waals surface area contributed by atoms with Gasteiger partial charge in [0.05, 0.1) is 11.6 Å². The number of rotatable bonds is 0. The van der Waals surface area contributed by atoms with Crippen LogP contribution in [0.15, 0.2) is 24.3 Å². The third-order valence-corrected chi connectivity index (χ3v) is 3.72. The molecule has 0 amide bonds. The predicted octanol–water partition coefficient (Wildman–Crippen LogP) is 1.59. The minimum atomic E-state index is -0.231. The van der Waals surface area contributed by atoms with Gasteiger partial charge in [0.2, 0.25) is 0 Å². The predicted molar refractivity (Wildman–Crippen MR) is 63.5 cm³/mol. The quantitative estimate of drug-likeness (QED) is 0.695. The van der Waals surface area contributed by atoms with E-state index in [1.54, 1.807) is 0 Å². The molecule has 1 saturated heterocycles. The van der Waals surface area contributed by atoms with Gasteiger partial charge in [-0.2, -0.15) is 0 Å². The summed E-state index contributed by atoms with van der Waals surface area (Å²) < 4.78 is 5.79. The van der Waals surface area contributed by atoms with Crippen LogP contribution in [0, 0.1) is 0 Å². The summed E-state index contributed by atoms with van der Waals surface area (Å²) in [7, 11) is 0. The molecule has 2 aliphatic rings. The average molecular weight is 218 g/mol. The fourth-order valence-electron chi connectivity index (χ4n) is 2.81. The van der Waals surface area contributed by atoms with E-state index < -0.39 is 0 Å². The van der Waals surface area contributed by atoms with E-state index in [1.807, 2.05) is 12.1 Å². The average Bonchev–Trinajstić information content (AvgIpc) is 2.51. The van der Waals surface area contributed by atoms with Crippen LogP contribution in [0.1, 0.15) is 30.9 Å². The van der Waals surface area contributed by atoms with E-state index in [4.69, 9.17) is 10.5 Å². The highest BCUT2D eigenvalue weighted by Gasteiger charge is 2.41. The number of para-hydroxylation sites is 1. The number of ether oxygens (including phenoxy) is 1. The van der Waals surface area contributed by atoms with Crippen LogP contribution >= 0.6 is 0 Å². The summed E-state index contributed by atoms with van der Waals surface area (Å²) in [6.07, 6.45) is 3.43. The van der Waals surface area contributed by atoms with Gasteiger partial charge in [-0.15, -0.1) is 0 Å². The first-order valence-electron chi connectivity index (χ1n) is 6.04. The standard InChI is InChI=1S/C13H18N2O/c14-13-7-3-4-8-15-12(13)10-5-1-2-6-11(10)16-9-13/h1-2,5-6,12,15H,3-4,7-9,14H2/t12-,13-/m1/s1. The summed E-state index contributed by atoms with van der Waals surface area (Å²) in [5, 5.41) is 3.58. The molecule has 3 N–H and O–H groups in total. The van der Waals surface area contributed by atoms with Crippen molar-refractivity contribution in [1.29, 1.82) is 0 Å².